The molecule has 0 saturated carbocycles. The zero-order chi connectivity index (χ0) is 21.7. The molecule has 0 aromatic carbocycles. The van der Waals surface area contributed by atoms with Crippen LogP contribution in [0.25, 0.3) is 0 Å². The average Bonchev–Trinajstić information content (AvgIpc) is 3.43. The van der Waals surface area contributed by atoms with E-state index in [1.165, 1.54) is 0 Å². The second kappa shape index (κ2) is 9.85. The summed E-state index contributed by atoms with van der Waals surface area (Å²) in [5.74, 6) is -0.208. The maximum Gasteiger partial charge on any atom is 0.262 e. The van der Waals surface area contributed by atoms with Crippen LogP contribution in [-0.2, 0) is 14.3 Å². The number of hydrazone groups is 1. The maximum absolute atomic E-state index is 13.3. The van der Waals surface area contributed by atoms with Gasteiger partial charge in [0.1, 0.15) is 6.54 Å². The van der Waals surface area contributed by atoms with Gasteiger partial charge in [-0.2, -0.15) is 5.10 Å². The number of ether oxygens (including phenoxy) is 1. The number of hydrogen-bond acceptors (Lipinski definition) is 6. The van der Waals surface area contributed by atoms with E-state index in [-0.39, 0.29) is 29.8 Å². The van der Waals surface area contributed by atoms with E-state index in [0.717, 1.165) is 15.5 Å². The van der Waals surface area contributed by atoms with Crippen molar-refractivity contribution in [1.29, 1.82) is 0 Å². The molecule has 2 aromatic heterocycles. The molecule has 1 aliphatic heterocycles. The molecule has 0 spiro atoms. The summed E-state index contributed by atoms with van der Waals surface area (Å²) in [5.41, 5.74) is 0.768. The Morgan fingerprint density at radius 1 is 1.23 bits per heavy atom. The molecule has 0 aliphatic carbocycles. The number of methoxy groups -OCH3 is 1. The van der Waals surface area contributed by atoms with Crippen molar-refractivity contribution in [2.75, 3.05) is 26.8 Å². The number of thiophene rings is 2. The van der Waals surface area contributed by atoms with Gasteiger partial charge in [-0.1, -0.05) is 32.9 Å². The summed E-state index contributed by atoms with van der Waals surface area (Å²) in [5, 5.41) is 10.3. The monoisotopic (exact) mass is 447 g/mol. The predicted octanol–water partition coefficient (Wildman–Crippen LogP) is 4.40. The lowest BCUT2D eigenvalue weighted by atomic mass is 9.91. The van der Waals surface area contributed by atoms with Crippen LogP contribution in [0.5, 0.6) is 0 Å². The van der Waals surface area contributed by atoms with Gasteiger partial charge in [-0.25, -0.2) is 5.01 Å². The first-order valence-corrected chi connectivity index (χ1v) is 11.8. The Morgan fingerprint density at radius 3 is 2.57 bits per heavy atom. The molecule has 6 nitrogen and oxygen atoms in total. The van der Waals surface area contributed by atoms with Crippen LogP contribution < -0.4 is 0 Å². The largest absolute Gasteiger partial charge is 0.383 e. The molecule has 2 amide bonds. The first kappa shape index (κ1) is 22.7. The molecular weight excluding hydrogens is 418 g/mol. The third-order valence-electron chi connectivity index (χ3n) is 4.77. The SMILES string of the molecule is COCCN(CC(=O)N1N=C(c2cccs2)C[C@H]1c1cccs1)C(=O)CC(C)(C)C. The summed E-state index contributed by atoms with van der Waals surface area (Å²) in [6.07, 6.45) is 1.06. The van der Waals surface area contributed by atoms with Crippen molar-refractivity contribution in [2.45, 2.75) is 39.7 Å². The zero-order valence-electron chi connectivity index (χ0n) is 18.0. The highest BCUT2D eigenvalue weighted by Crippen LogP contribution is 2.36. The highest BCUT2D eigenvalue weighted by molar-refractivity contribution is 7.12. The summed E-state index contributed by atoms with van der Waals surface area (Å²) < 4.78 is 5.16. The van der Waals surface area contributed by atoms with Crippen LogP contribution in [0.4, 0.5) is 0 Å². The zero-order valence-corrected chi connectivity index (χ0v) is 19.6. The highest BCUT2D eigenvalue weighted by atomic mass is 32.1. The Morgan fingerprint density at radius 2 is 1.97 bits per heavy atom. The fourth-order valence-electron chi connectivity index (χ4n) is 3.33. The van der Waals surface area contributed by atoms with E-state index in [1.54, 1.807) is 39.7 Å². The van der Waals surface area contributed by atoms with Gasteiger partial charge in [-0.15, -0.1) is 22.7 Å². The van der Waals surface area contributed by atoms with Gasteiger partial charge in [0.15, 0.2) is 0 Å². The van der Waals surface area contributed by atoms with Gasteiger partial charge >= 0.3 is 0 Å². The predicted molar refractivity (Wildman–Crippen MR) is 122 cm³/mol. The summed E-state index contributed by atoms with van der Waals surface area (Å²) in [6.45, 7) is 6.84. The van der Waals surface area contributed by atoms with E-state index in [1.807, 2.05) is 55.8 Å². The molecule has 0 radical (unpaired) electrons. The van der Waals surface area contributed by atoms with Crippen LogP contribution in [0, 0.1) is 5.41 Å². The Kier molecular flexibility index (Phi) is 7.44. The molecule has 162 valence electrons. The molecule has 0 saturated heterocycles. The molecule has 0 bridgehead atoms. The van der Waals surface area contributed by atoms with Crippen LogP contribution in [0.2, 0.25) is 0 Å². The standard InChI is InChI=1S/C22H29N3O3S2/c1-22(2,3)14-20(26)24(9-10-28-4)15-21(27)25-17(19-8-6-12-30-19)13-16(23-25)18-7-5-11-29-18/h5-8,11-12,17H,9-10,13-15H2,1-4H3/t17-/m0/s1. The minimum atomic E-state index is -0.168. The average molecular weight is 448 g/mol. The molecule has 0 fully saturated rings. The molecule has 30 heavy (non-hydrogen) atoms. The number of rotatable bonds is 8. The molecule has 1 atom stereocenters. The van der Waals surface area contributed by atoms with Gasteiger partial charge in [0.05, 0.1) is 23.2 Å². The maximum atomic E-state index is 13.3. The minimum absolute atomic E-state index is 0.00136. The number of hydrogen-bond donors (Lipinski definition) is 0. The first-order valence-electron chi connectivity index (χ1n) is 10.0. The molecule has 0 N–H and O–H groups in total. The van der Waals surface area contributed by atoms with E-state index in [9.17, 15) is 9.59 Å². The number of carbonyl (C=O) groups excluding carboxylic acids is 2. The smallest absolute Gasteiger partial charge is 0.262 e. The quantitative estimate of drug-likeness (QED) is 0.603. The lowest BCUT2D eigenvalue weighted by Crippen LogP contribution is -2.43. The van der Waals surface area contributed by atoms with E-state index >= 15 is 0 Å². The van der Waals surface area contributed by atoms with Crippen LogP contribution in [0.3, 0.4) is 0 Å². The van der Waals surface area contributed by atoms with Crippen LogP contribution in [0.1, 0.15) is 49.4 Å². The number of carbonyl (C=O) groups is 2. The van der Waals surface area contributed by atoms with E-state index in [0.29, 0.717) is 26.0 Å². The van der Waals surface area contributed by atoms with Crippen molar-refractivity contribution in [3.8, 4) is 0 Å². The Labute approximate surface area is 186 Å². The lowest BCUT2D eigenvalue weighted by Gasteiger charge is -2.28. The van der Waals surface area contributed by atoms with Crippen molar-refractivity contribution >= 4 is 40.2 Å². The molecule has 8 heteroatoms. The van der Waals surface area contributed by atoms with Crippen molar-refractivity contribution in [3.63, 3.8) is 0 Å². The van der Waals surface area contributed by atoms with E-state index < -0.39 is 0 Å². The van der Waals surface area contributed by atoms with Crippen LogP contribution in [0.15, 0.2) is 40.1 Å². The van der Waals surface area contributed by atoms with E-state index in [2.05, 4.69) is 5.10 Å². The Hall–Kier alpha value is -2.03. The normalized spacial score (nSPS) is 16.6. The Bertz CT molecular complexity index is 870. The minimum Gasteiger partial charge on any atom is -0.383 e. The third kappa shape index (κ3) is 5.77. The molecule has 3 rings (SSSR count). The molecule has 2 aromatic rings. The van der Waals surface area contributed by atoms with Crippen molar-refractivity contribution < 1.29 is 14.3 Å². The van der Waals surface area contributed by atoms with Crippen LogP contribution >= 0.6 is 22.7 Å². The fraction of sp³-hybridized carbons (Fsp3) is 0.500. The lowest BCUT2D eigenvalue weighted by molar-refractivity contribution is -0.143. The topological polar surface area (TPSA) is 62.2 Å². The molecule has 3 heterocycles. The Balaban J connectivity index is 1.80. The fourth-order valence-corrected chi connectivity index (χ4v) is 4.86. The van der Waals surface area contributed by atoms with Gasteiger partial charge in [0, 0.05) is 31.4 Å². The van der Waals surface area contributed by atoms with Gasteiger partial charge in [0.2, 0.25) is 5.91 Å². The molecule has 1 aliphatic rings. The van der Waals surface area contributed by atoms with Gasteiger partial charge < -0.3 is 9.64 Å². The van der Waals surface area contributed by atoms with Gasteiger partial charge in [0.25, 0.3) is 5.91 Å². The second-order valence-electron chi connectivity index (χ2n) is 8.54. The van der Waals surface area contributed by atoms with Gasteiger partial charge in [-0.3, -0.25) is 9.59 Å². The second-order valence-corrected chi connectivity index (χ2v) is 10.5. The third-order valence-corrected chi connectivity index (χ3v) is 6.66. The summed E-state index contributed by atoms with van der Waals surface area (Å²) in [4.78, 5) is 29.9. The van der Waals surface area contributed by atoms with Gasteiger partial charge in [-0.05, 0) is 28.3 Å². The summed E-state index contributed by atoms with van der Waals surface area (Å²) >= 11 is 3.25. The van der Waals surface area contributed by atoms with Crippen LogP contribution in [-0.4, -0.2) is 54.2 Å². The van der Waals surface area contributed by atoms with Crippen molar-refractivity contribution in [1.82, 2.24) is 9.91 Å². The summed E-state index contributed by atoms with van der Waals surface area (Å²) in [6, 6.07) is 7.92. The molecular formula is C22H29N3O3S2. The van der Waals surface area contributed by atoms with Crippen molar-refractivity contribution in [2.24, 2.45) is 10.5 Å². The molecule has 0 unspecified atom stereocenters. The number of amides is 2. The highest BCUT2D eigenvalue weighted by Gasteiger charge is 2.35. The first-order chi connectivity index (χ1) is 14.3. The van der Waals surface area contributed by atoms with E-state index in [4.69, 9.17) is 4.74 Å². The van der Waals surface area contributed by atoms with Crippen molar-refractivity contribution in [3.05, 3.63) is 44.8 Å². The summed E-state index contributed by atoms with van der Waals surface area (Å²) in [7, 11) is 1.60. The number of nitrogens with zero attached hydrogens (tertiary/aromatic N) is 3.